The smallest absolute Gasteiger partial charge is 0.251 e. The molecule has 0 unspecified atom stereocenters. The molecule has 1 atom stereocenters. The number of rotatable bonds is 3. The maximum Gasteiger partial charge on any atom is 0.251 e. The number of hydrogen-bond acceptors (Lipinski definition) is 2. The Bertz CT molecular complexity index is 364. The van der Waals surface area contributed by atoms with E-state index in [1.54, 1.807) is 19.1 Å². The van der Waals surface area contributed by atoms with Gasteiger partial charge in [0.15, 0.2) is 0 Å². The molecule has 1 amide bonds. The van der Waals surface area contributed by atoms with E-state index in [2.05, 4.69) is 21.2 Å². The van der Waals surface area contributed by atoms with Gasteiger partial charge in [0.1, 0.15) is 0 Å². The zero-order valence-electron chi connectivity index (χ0n) is 8.75. The molecule has 0 fully saturated rings. The maximum absolute atomic E-state index is 11.6. The third kappa shape index (κ3) is 3.64. The Hall–Kier alpha value is -0.870. The Morgan fingerprint density at radius 1 is 1.60 bits per heavy atom. The minimum absolute atomic E-state index is 0.170. The average Bonchev–Trinajstić information content (AvgIpc) is 2.18. The predicted molar refractivity (Wildman–Crippen MR) is 62.9 cm³/mol. The normalized spacial score (nSPS) is 12.3. The summed E-state index contributed by atoms with van der Waals surface area (Å²) >= 11 is 3.36. The number of carbonyl (C=O) groups is 1. The van der Waals surface area contributed by atoms with E-state index in [0.717, 1.165) is 10.0 Å². The third-order valence-corrected chi connectivity index (χ3v) is 2.85. The van der Waals surface area contributed by atoms with E-state index in [4.69, 9.17) is 5.11 Å². The zero-order chi connectivity index (χ0) is 11.4. The van der Waals surface area contributed by atoms with Crippen molar-refractivity contribution in [2.45, 2.75) is 20.0 Å². The second-order valence-electron chi connectivity index (χ2n) is 3.52. The van der Waals surface area contributed by atoms with Crippen LogP contribution in [0.25, 0.3) is 0 Å². The lowest BCUT2D eigenvalue weighted by atomic mass is 10.1. The lowest BCUT2D eigenvalue weighted by Gasteiger charge is -2.07. The van der Waals surface area contributed by atoms with Gasteiger partial charge in [0.05, 0.1) is 6.10 Å². The Labute approximate surface area is 97.6 Å². The number of benzene rings is 1. The summed E-state index contributed by atoms with van der Waals surface area (Å²) in [5.41, 5.74) is 1.68. The average molecular weight is 272 g/mol. The highest BCUT2D eigenvalue weighted by atomic mass is 79.9. The molecule has 1 aromatic carbocycles. The minimum Gasteiger partial charge on any atom is -0.392 e. The molecule has 0 saturated carbocycles. The van der Waals surface area contributed by atoms with Crippen molar-refractivity contribution in [3.05, 3.63) is 33.8 Å². The van der Waals surface area contributed by atoms with Gasteiger partial charge in [-0.1, -0.05) is 22.0 Å². The Kier molecular flexibility index (Phi) is 4.29. The molecule has 0 heterocycles. The van der Waals surface area contributed by atoms with Crippen molar-refractivity contribution in [1.82, 2.24) is 5.32 Å². The van der Waals surface area contributed by atoms with Crippen LogP contribution < -0.4 is 5.32 Å². The minimum atomic E-state index is -0.525. The molecule has 4 heteroatoms. The van der Waals surface area contributed by atoms with Crippen molar-refractivity contribution >= 4 is 21.8 Å². The van der Waals surface area contributed by atoms with E-state index >= 15 is 0 Å². The first-order valence-electron chi connectivity index (χ1n) is 4.73. The molecule has 0 bridgehead atoms. The summed E-state index contributed by atoms with van der Waals surface area (Å²) < 4.78 is 0.909. The summed E-state index contributed by atoms with van der Waals surface area (Å²) in [6.07, 6.45) is -0.525. The van der Waals surface area contributed by atoms with Crippen LogP contribution in [0.5, 0.6) is 0 Å². The van der Waals surface area contributed by atoms with Crippen LogP contribution in [-0.4, -0.2) is 23.7 Å². The lowest BCUT2D eigenvalue weighted by Crippen LogP contribution is -2.30. The summed E-state index contributed by atoms with van der Waals surface area (Å²) in [5, 5.41) is 11.7. The molecule has 2 N–H and O–H groups in total. The van der Waals surface area contributed by atoms with Crippen molar-refractivity contribution in [2.24, 2.45) is 0 Å². The van der Waals surface area contributed by atoms with Gasteiger partial charge in [-0.25, -0.2) is 0 Å². The largest absolute Gasteiger partial charge is 0.392 e. The number of nitrogens with one attached hydrogen (secondary N) is 1. The second kappa shape index (κ2) is 5.28. The third-order valence-electron chi connectivity index (χ3n) is 1.99. The molecular weight excluding hydrogens is 258 g/mol. The molecule has 0 saturated heterocycles. The van der Waals surface area contributed by atoms with Gasteiger partial charge in [-0.2, -0.15) is 0 Å². The van der Waals surface area contributed by atoms with Crippen LogP contribution in [0.4, 0.5) is 0 Å². The summed E-state index contributed by atoms with van der Waals surface area (Å²) in [7, 11) is 0. The molecule has 0 aromatic heterocycles. The molecule has 15 heavy (non-hydrogen) atoms. The van der Waals surface area contributed by atoms with Crippen molar-refractivity contribution in [2.75, 3.05) is 6.54 Å². The van der Waals surface area contributed by atoms with Gasteiger partial charge >= 0.3 is 0 Å². The van der Waals surface area contributed by atoms with Crippen LogP contribution in [0, 0.1) is 6.92 Å². The summed E-state index contributed by atoms with van der Waals surface area (Å²) in [5.74, 6) is -0.170. The second-order valence-corrected chi connectivity index (χ2v) is 4.38. The fraction of sp³-hybridized carbons (Fsp3) is 0.364. The predicted octanol–water partition coefficient (Wildman–Crippen LogP) is 1.87. The van der Waals surface area contributed by atoms with E-state index < -0.39 is 6.10 Å². The quantitative estimate of drug-likeness (QED) is 0.882. The van der Waals surface area contributed by atoms with E-state index in [0.29, 0.717) is 5.56 Å². The number of aliphatic hydroxyl groups is 1. The number of aryl methyl sites for hydroxylation is 1. The van der Waals surface area contributed by atoms with Gasteiger partial charge < -0.3 is 10.4 Å². The first-order valence-corrected chi connectivity index (χ1v) is 5.52. The van der Waals surface area contributed by atoms with Crippen molar-refractivity contribution in [3.63, 3.8) is 0 Å². The van der Waals surface area contributed by atoms with Crippen LogP contribution >= 0.6 is 15.9 Å². The van der Waals surface area contributed by atoms with Crippen LogP contribution in [0.3, 0.4) is 0 Å². The first kappa shape index (κ1) is 12.2. The molecule has 0 spiro atoms. The SMILES string of the molecule is Cc1ccc(C(=O)NC[C@H](C)O)cc1Br. The van der Waals surface area contributed by atoms with E-state index in [1.807, 2.05) is 13.0 Å². The van der Waals surface area contributed by atoms with Crippen molar-refractivity contribution in [1.29, 1.82) is 0 Å². The summed E-state index contributed by atoms with van der Waals surface area (Å²) in [6.45, 7) is 3.86. The standard InChI is InChI=1S/C11H14BrNO2/c1-7-3-4-9(5-10(7)12)11(15)13-6-8(2)14/h3-5,8,14H,6H2,1-2H3,(H,13,15)/t8-/m0/s1. The van der Waals surface area contributed by atoms with E-state index in [9.17, 15) is 4.79 Å². The molecule has 1 rings (SSSR count). The number of halogens is 1. The number of hydrogen-bond donors (Lipinski definition) is 2. The highest BCUT2D eigenvalue weighted by Crippen LogP contribution is 2.17. The van der Waals surface area contributed by atoms with E-state index in [-0.39, 0.29) is 12.5 Å². The molecule has 82 valence electrons. The van der Waals surface area contributed by atoms with Crippen LogP contribution in [-0.2, 0) is 0 Å². The number of aliphatic hydroxyl groups excluding tert-OH is 1. The van der Waals surface area contributed by atoms with Gasteiger partial charge in [0, 0.05) is 16.6 Å². The molecule has 0 aliphatic rings. The van der Waals surface area contributed by atoms with Gasteiger partial charge in [-0.15, -0.1) is 0 Å². The van der Waals surface area contributed by atoms with Crippen LogP contribution in [0.1, 0.15) is 22.8 Å². The summed E-state index contributed by atoms with van der Waals surface area (Å²) in [6, 6.07) is 5.41. The molecule has 1 aromatic rings. The topological polar surface area (TPSA) is 49.3 Å². The van der Waals surface area contributed by atoms with E-state index in [1.165, 1.54) is 0 Å². The molecule has 0 aliphatic heterocycles. The lowest BCUT2D eigenvalue weighted by molar-refractivity contribution is 0.0924. The molecule has 0 radical (unpaired) electrons. The van der Waals surface area contributed by atoms with Gasteiger partial charge in [0.2, 0.25) is 0 Å². The molecular formula is C11H14BrNO2. The Balaban J connectivity index is 2.70. The van der Waals surface area contributed by atoms with Crippen LogP contribution in [0.2, 0.25) is 0 Å². The van der Waals surface area contributed by atoms with Gasteiger partial charge in [-0.05, 0) is 31.5 Å². The first-order chi connectivity index (χ1) is 7.00. The number of amides is 1. The van der Waals surface area contributed by atoms with Gasteiger partial charge in [0.25, 0.3) is 5.91 Å². The summed E-state index contributed by atoms with van der Waals surface area (Å²) in [4.78, 5) is 11.6. The Morgan fingerprint density at radius 2 is 2.27 bits per heavy atom. The van der Waals surface area contributed by atoms with Gasteiger partial charge in [-0.3, -0.25) is 4.79 Å². The monoisotopic (exact) mass is 271 g/mol. The van der Waals surface area contributed by atoms with Crippen molar-refractivity contribution < 1.29 is 9.90 Å². The highest BCUT2D eigenvalue weighted by molar-refractivity contribution is 9.10. The molecule has 3 nitrogen and oxygen atoms in total. The van der Waals surface area contributed by atoms with Crippen molar-refractivity contribution in [3.8, 4) is 0 Å². The number of carbonyl (C=O) groups excluding carboxylic acids is 1. The fourth-order valence-corrected chi connectivity index (χ4v) is 1.46. The molecule has 0 aliphatic carbocycles. The fourth-order valence-electron chi connectivity index (χ4n) is 1.08. The Morgan fingerprint density at radius 3 is 2.80 bits per heavy atom. The highest BCUT2D eigenvalue weighted by Gasteiger charge is 2.07. The van der Waals surface area contributed by atoms with Crippen LogP contribution in [0.15, 0.2) is 22.7 Å². The zero-order valence-corrected chi connectivity index (χ0v) is 10.3. The maximum atomic E-state index is 11.6.